The van der Waals surface area contributed by atoms with Crippen LogP contribution in [0.4, 0.5) is 0 Å². The molecule has 142 valence electrons. The topological polar surface area (TPSA) is 87.8 Å². The maximum Gasteiger partial charge on any atom is 0.262 e. The Balaban J connectivity index is 1.82. The minimum absolute atomic E-state index is 0.0819. The van der Waals surface area contributed by atoms with E-state index in [1.165, 1.54) is 11.8 Å². The monoisotopic (exact) mass is 384 g/mol. The summed E-state index contributed by atoms with van der Waals surface area (Å²) < 4.78 is 1.65. The van der Waals surface area contributed by atoms with Crippen molar-refractivity contribution >= 4 is 28.6 Å². The molecule has 1 N–H and O–H groups in total. The molecule has 1 fully saturated rings. The van der Waals surface area contributed by atoms with Crippen LogP contribution in [0.2, 0.25) is 0 Å². The van der Waals surface area contributed by atoms with E-state index in [-0.39, 0.29) is 23.1 Å². The molecule has 6 nitrogen and oxygen atoms in total. The third kappa shape index (κ3) is 4.33. The number of nitrogens with zero attached hydrogens (tertiary/aromatic N) is 3. The van der Waals surface area contributed by atoms with Crippen molar-refractivity contribution in [3.05, 3.63) is 34.6 Å². The van der Waals surface area contributed by atoms with Gasteiger partial charge in [-0.1, -0.05) is 37.7 Å². The van der Waals surface area contributed by atoms with E-state index in [9.17, 15) is 14.9 Å². The number of nitriles is 1. The Morgan fingerprint density at radius 2 is 2.07 bits per heavy atom. The van der Waals surface area contributed by atoms with Gasteiger partial charge in [0, 0.05) is 6.54 Å². The second-order valence-electron chi connectivity index (χ2n) is 7.46. The molecule has 7 heteroatoms. The molecule has 0 aliphatic heterocycles. The van der Waals surface area contributed by atoms with Crippen molar-refractivity contribution in [3.63, 3.8) is 0 Å². The van der Waals surface area contributed by atoms with Crippen molar-refractivity contribution in [2.75, 3.05) is 5.75 Å². The molecule has 27 heavy (non-hydrogen) atoms. The number of carbonyl (C=O) groups is 1. The molecule has 1 amide bonds. The van der Waals surface area contributed by atoms with Gasteiger partial charge in [0.05, 0.1) is 22.7 Å². The van der Waals surface area contributed by atoms with E-state index in [2.05, 4.69) is 16.4 Å². The SMILES string of the molecule is CC(C)Cn1c(SCC(=O)NC2(C#N)CCCC2)nc2ccccc2c1=O. The zero-order valence-electron chi connectivity index (χ0n) is 15.7. The van der Waals surface area contributed by atoms with E-state index in [0.29, 0.717) is 35.4 Å². The van der Waals surface area contributed by atoms with Crippen LogP contribution >= 0.6 is 11.8 Å². The van der Waals surface area contributed by atoms with Crippen LogP contribution in [0.5, 0.6) is 0 Å². The molecule has 2 aromatic rings. The van der Waals surface area contributed by atoms with E-state index in [1.807, 2.05) is 32.0 Å². The summed E-state index contributed by atoms with van der Waals surface area (Å²) in [7, 11) is 0. The van der Waals surface area contributed by atoms with Crippen LogP contribution in [-0.2, 0) is 11.3 Å². The number of carbonyl (C=O) groups excluding carboxylic acids is 1. The summed E-state index contributed by atoms with van der Waals surface area (Å²) in [6.45, 7) is 4.63. The Bertz CT molecular complexity index is 939. The van der Waals surface area contributed by atoms with E-state index >= 15 is 0 Å². The largest absolute Gasteiger partial charge is 0.337 e. The van der Waals surface area contributed by atoms with E-state index in [4.69, 9.17) is 0 Å². The van der Waals surface area contributed by atoms with Gasteiger partial charge in [0.1, 0.15) is 5.54 Å². The van der Waals surface area contributed by atoms with E-state index < -0.39 is 5.54 Å². The molecule has 1 aromatic carbocycles. The zero-order valence-corrected chi connectivity index (χ0v) is 16.5. The van der Waals surface area contributed by atoms with Gasteiger partial charge < -0.3 is 5.32 Å². The molecule has 1 aliphatic carbocycles. The molecule has 0 bridgehead atoms. The number of nitrogens with one attached hydrogen (secondary N) is 1. The summed E-state index contributed by atoms with van der Waals surface area (Å²) >= 11 is 1.25. The maximum atomic E-state index is 12.9. The first-order chi connectivity index (χ1) is 12.9. The molecule has 0 atom stereocenters. The number of para-hydroxylation sites is 1. The van der Waals surface area contributed by atoms with E-state index in [0.717, 1.165) is 12.8 Å². The van der Waals surface area contributed by atoms with Crippen LogP contribution in [-0.4, -0.2) is 26.8 Å². The minimum Gasteiger partial charge on any atom is -0.337 e. The zero-order chi connectivity index (χ0) is 19.4. The molecule has 0 saturated heterocycles. The first-order valence-corrected chi connectivity index (χ1v) is 10.3. The standard InChI is InChI=1S/C20H24N4O2S/c1-14(2)11-24-18(26)15-7-3-4-8-16(15)22-19(24)27-12-17(25)23-20(13-21)9-5-6-10-20/h3-4,7-8,14H,5-6,9-12H2,1-2H3,(H,23,25). The number of hydrogen-bond acceptors (Lipinski definition) is 5. The third-order valence-corrected chi connectivity index (χ3v) is 5.73. The Hall–Kier alpha value is -2.33. The second-order valence-corrected chi connectivity index (χ2v) is 8.40. The highest BCUT2D eigenvalue weighted by Gasteiger charge is 2.35. The van der Waals surface area contributed by atoms with Crippen molar-refractivity contribution in [2.45, 2.75) is 56.8 Å². The van der Waals surface area contributed by atoms with Crippen LogP contribution in [0.3, 0.4) is 0 Å². The summed E-state index contributed by atoms with van der Waals surface area (Å²) in [5.41, 5.74) is -0.178. The summed E-state index contributed by atoms with van der Waals surface area (Å²) in [4.78, 5) is 29.9. The van der Waals surface area contributed by atoms with Crippen LogP contribution in [0, 0.1) is 17.2 Å². The van der Waals surface area contributed by atoms with Gasteiger partial charge in [-0.25, -0.2) is 4.98 Å². The Morgan fingerprint density at radius 1 is 1.37 bits per heavy atom. The lowest BCUT2D eigenvalue weighted by Crippen LogP contribution is -2.45. The van der Waals surface area contributed by atoms with Gasteiger partial charge >= 0.3 is 0 Å². The number of benzene rings is 1. The van der Waals surface area contributed by atoms with Gasteiger partial charge in [-0.15, -0.1) is 0 Å². The summed E-state index contributed by atoms with van der Waals surface area (Å²) in [5.74, 6) is 0.216. The molecule has 0 spiro atoms. The van der Waals surface area contributed by atoms with Crippen molar-refractivity contribution in [2.24, 2.45) is 5.92 Å². The van der Waals surface area contributed by atoms with Gasteiger partial charge in [-0.3, -0.25) is 14.2 Å². The summed E-state index contributed by atoms with van der Waals surface area (Å²) in [5, 5.41) is 13.4. The van der Waals surface area contributed by atoms with Gasteiger partial charge in [-0.2, -0.15) is 5.26 Å². The van der Waals surface area contributed by atoms with Gasteiger partial charge in [0.2, 0.25) is 5.91 Å². The minimum atomic E-state index is -0.730. The second kappa shape index (κ2) is 8.13. The lowest BCUT2D eigenvalue weighted by Gasteiger charge is -2.22. The smallest absolute Gasteiger partial charge is 0.262 e. The molecular formula is C20H24N4O2S. The number of hydrogen-bond donors (Lipinski definition) is 1. The van der Waals surface area contributed by atoms with Crippen LogP contribution < -0.4 is 10.9 Å². The predicted molar refractivity (Wildman–Crippen MR) is 107 cm³/mol. The van der Waals surface area contributed by atoms with Crippen LogP contribution in [0.25, 0.3) is 10.9 Å². The van der Waals surface area contributed by atoms with Gasteiger partial charge in [0.15, 0.2) is 5.16 Å². The maximum absolute atomic E-state index is 12.9. The molecule has 1 saturated carbocycles. The van der Waals surface area contributed by atoms with Crippen LogP contribution in [0.15, 0.2) is 34.2 Å². The highest BCUT2D eigenvalue weighted by atomic mass is 32.2. The number of aromatic nitrogens is 2. The Kier molecular flexibility index (Phi) is 5.85. The average Bonchev–Trinajstić information content (AvgIpc) is 3.11. The Morgan fingerprint density at radius 3 is 2.74 bits per heavy atom. The molecule has 1 aromatic heterocycles. The molecule has 3 rings (SSSR count). The van der Waals surface area contributed by atoms with Crippen molar-refractivity contribution in [1.29, 1.82) is 5.26 Å². The van der Waals surface area contributed by atoms with E-state index in [1.54, 1.807) is 10.6 Å². The van der Waals surface area contributed by atoms with Crippen molar-refractivity contribution in [1.82, 2.24) is 14.9 Å². The van der Waals surface area contributed by atoms with Crippen LogP contribution in [0.1, 0.15) is 39.5 Å². The number of amides is 1. The molecular weight excluding hydrogens is 360 g/mol. The number of rotatable bonds is 6. The van der Waals surface area contributed by atoms with Gasteiger partial charge in [0.25, 0.3) is 5.56 Å². The van der Waals surface area contributed by atoms with Gasteiger partial charge in [-0.05, 0) is 43.7 Å². The molecule has 0 radical (unpaired) electrons. The predicted octanol–water partition coefficient (Wildman–Crippen LogP) is 3.10. The fraction of sp³-hybridized carbons (Fsp3) is 0.500. The molecule has 1 heterocycles. The highest BCUT2D eigenvalue weighted by molar-refractivity contribution is 7.99. The molecule has 0 unspecified atom stereocenters. The quantitative estimate of drug-likeness (QED) is 0.611. The fourth-order valence-corrected chi connectivity index (χ4v) is 4.27. The number of thioether (sulfide) groups is 1. The third-order valence-electron chi connectivity index (χ3n) is 4.76. The molecule has 1 aliphatic rings. The normalized spacial score (nSPS) is 15.8. The Labute approximate surface area is 163 Å². The number of fused-ring (bicyclic) bond motifs is 1. The summed E-state index contributed by atoms with van der Waals surface area (Å²) in [6, 6.07) is 9.53. The van der Waals surface area contributed by atoms with Crippen molar-refractivity contribution < 1.29 is 4.79 Å². The lowest BCUT2D eigenvalue weighted by atomic mass is 10.0. The lowest BCUT2D eigenvalue weighted by molar-refractivity contribution is -0.119. The first-order valence-electron chi connectivity index (χ1n) is 9.29. The fourth-order valence-electron chi connectivity index (χ4n) is 3.46. The summed E-state index contributed by atoms with van der Waals surface area (Å²) in [6.07, 6.45) is 3.32. The highest BCUT2D eigenvalue weighted by Crippen LogP contribution is 2.29. The average molecular weight is 385 g/mol. The van der Waals surface area contributed by atoms with Crippen molar-refractivity contribution in [3.8, 4) is 6.07 Å². The first kappa shape index (κ1) is 19.4.